The second kappa shape index (κ2) is 3.25. The van der Waals surface area contributed by atoms with Crippen molar-refractivity contribution >= 4 is 5.69 Å². The number of fused-ring (bicyclic) bond motifs is 3. The third-order valence-corrected chi connectivity index (χ3v) is 4.77. The summed E-state index contributed by atoms with van der Waals surface area (Å²) in [6, 6.07) is 9.63. The van der Waals surface area contributed by atoms with Crippen LogP contribution >= 0.6 is 0 Å². The summed E-state index contributed by atoms with van der Waals surface area (Å²) in [5.41, 5.74) is 3.01. The minimum absolute atomic E-state index is 0.652. The molecule has 4 rings (SSSR count). The molecular formula is C16H17N. The Kier molecular flexibility index (Phi) is 1.82. The van der Waals surface area contributed by atoms with Crippen LogP contribution in [0.15, 0.2) is 49.1 Å². The van der Waals surface area contributed by atoms with Gasteiger partial charge < -0.3 is 4.90 Å². The monoisotopic (exact) mass is 223 g/mol. The van der Waals surface area contributed by atoms with E-state index in [1.807, 2.05) is 0 Å². The van der Waals surface area contributed by atoms with Gasteiger partial charge in [0, 0.05) is 24.2 Å². The molecule has 2 heterocycles. The fourth-order valence-electron chi connectivity index (χ4n) is 4.16. The zero-order valence-corrected chi connectivity index (χ0v) is 9.92. The van der Waals surface area contributed by atoms with Gasteiger partial charge in [-0.25, -0.2) is 0 Å². The molecule has 1 aromatic carbocycles. The maximum atomic E-state index is 4.05. The number of nitrogens with zero attached hydrogens (tertiary/aromatic N) is 1. The molecule has 0 amide bonds. The first kappa shape index (κ1) is 9.52. The lowest BCUT2D eigenvalue weighted by Crippen LogP contribution is -2.38. The van der Waals surface area contributed by atoms with Crippen molar-refractivity contribution in [1.29, 1.82) is 0 Å². The van der Waals surface area contributed by atoms with Crippen LogP contribution < -0.4 is 4.90 Å². The van der Waals surface area contributed by atoms with Gasteiger partial charge >= 0.3 is 0 Å². The average Bonchev–Trinajstić information content (AvgIpc) is 2.92. The number of para-hydroxylation sites is 1. The van der Waals surface area contributed by atoms with Crippen molar-refractivity contribution in [2.45, 2.75) is 18.4 Å². The van der Waals surface area contributed by atoms with Gasteiger partial charge in [-0.2, -0.15) is 0 Å². The van der Waals surface area contributed by atoms with Gasteiger partial charge in [0.15, 0.2) is 0 Å². The van der Waals surface area contributed by atoms with Gasteiger partial charge in [-0.05, 0) is 29.9 Å². The molecule has 0 spiro atoms. The van der Waals surface area contributed by atoms with Gasteiger partial charge in [0.2, 0.25) is 0 Å². The Balaban J connectivity index is 1.91. The van der Waals surface area contributed by atoms with E-state index in [4.69, 9.17) is 0 Å². The van der Waals surface area contributed by atoms with Crippen LogP contribution in [0, 0.1) is 11.8 Å². The SMILES string of the molecule is C=C[C@H]1C[C@H]2C=CCN3c4ccccc4[C@H]1[C@H]23. The Morgan fingerprint density at radius 3 is 3.06 bits per heavy atom. The second-order valence-electron chi connectivity index (χ2n) is 5.45. The largest absolute Gasteiger partial charge is 0.363 e. The molecule has 1 aromatic rings. The van der Waals surface area contributed by atoms with Gasteiger partial charge in [0.1, 0.15) is 0 Å². The Labute approximate surface area is 102 Å². The molecule has 1 fully saturated rings. The van der Waals surface area contributed by atoms with E-state index in [1.54, 1.807) is 5.56 Å². The molecule has 0 N–H and O–H groups in total. The highest BCUT2D eigenvalue weighted by Gasteiger charge is 2.50. The Bertz CT molecular complexity index is 502. The first-order chi connectivity index (χ1) is 8.40. The van der Waals surface area contributed by atoms with Gasteiger partial charge in [0.05, 0.1) is 0 Å². The van der Waals surface area contributed by atoms with Crippen molar-refractivity contribution in [3.8, 4) is 0 Å². The Morgan fingerprint density at radius 2 is 2.18 bits per heavy atom. The van der Waals surface area contributed by atoms with Gasteiger partial charge in [-0.3, -0.25) is 0 Å². The maximum Gasteiger partial charge on any atom is 0.0431 e. The summed E-state index contributed by atoms with van der Waals surface area (Å²) in [5.74, 6) is 2.06. The van der Waals surface area contributed by atoms with Gasteiger partial charge in [0.25, 0.3) is 0 Å². The lowest BCUT2D eigenvalue weighted by molar-refractivity contribution is 0.510. The first-order valence-corrected chi connectivity index (χ1v) is 6.55. The molecular weight excluding hydrogens is 206 g/mol. The van der Waals surface area contributed by atoms with Crippen LogP contribution in [-0.4, -0.2) is 12.6 Å². The van der Waals surface area contributed by atoms with E-state index in [-0.39, 0.29) is 0 Å². The molecule has 1 heteroatoms. The molecule has 4 atom stereocenters. The van der Waals surface area contributed by atoms with E-state index in [0.29, 0.717) is 17.9 Å². The number of allylic oxidation sites excluding steroid dienone is 1. The van der Waals surface area contributed by atoms with Crippen LogP contribution in [0.4, 0.5) is 5.69 Å². The number of rotatable bonds is 1. The first-order valence-electron chi connectivity index (χ1n) is 6.55. The molecule has 86 valence electrons. The summed E-state index contributed by atoms with van der Waals surface area (Å²) in [4.78, 5) is 2.61. The average molecular weight is 223 g/mol. The number of hydrogen-bond donors (Lipinski definition) is 0. The minimum Gasteiger partial charge on any atom is -0.363 e. The van der Waals surface area contributed by atoms with Crippen molar-refractivity contribution in [3.63, 3.8) is 0 Å². The topological polar surface area (TPSA) is 3.24 Å². The smallest absolute Gasteiger partial charge is 0.0431 e. The molecule has 2 aliphatic heterocycles. The third kappa shape index (κ3) is 1.09. The lowest BCUT2D eigenvalue weighted by Gasteiger charge is -2.32. The zero-order chi connectivity index (χ0) is 11.4. The molecule has 3 aliphatic rings. The van der Waals surface area contributed by atoms with E-state index in [1.165, 1.54) is 12.1 Å². The molecule has 1 aliphatic carbocycles. The summed E-state index contributed by atoms with van der Waals surface area (Å²) in [6.07, 6.45) is 8.23. The van der Waals surface area contributed by atoms with Crippen LogP contribution in [0.3, 0.4) is 0 Å². The predicted octanol–water partition coefficient (Wildman–Crippen LogP) is 3.35. The highest BCUT2D eigenvalue weighted by atomic mass is 15.2. The van der Waals surface area contributed by atoms with Crippen molar-refractivity contribution < 1.29 is 0 Å². The van der Waals surface area contributed by atoms with Gasteiger partial charge in [-0.15, -0.1) is 6.58 Å². The van der Waals surface area contributed by atoms with Crippen molar-refractivity contribution in [1.82, 2.24) is 0 Å². The molecule has 0 aromatic heterocycles. The van der Waals surface area contributed by atoms with Crippen LogP contribution in [0.5, 0.6) is 0 Å². The molecule has 1 saturated carbocycles. The summed E-state index contributed by atoms with van der Waals surface area (Å²) < 4.78 is 0. The van der Waals surface area contributed by atoms with Crippen molar-refractivity contribution in [2.24, 2.45) is 11.8 Å². The molecule has 1 nitrogen and oxygen atoms in total. The minimum atomic E-state index is 0.652. The van der Waals surface area contributed by atoms with Crippen LogP contribution in [0.2, 0.25) is 0 Å². The number of benzene rings is 1. The molecule has 0 unspecified atom stereocenters. The van der Waals surface area contributed by atoms with E-state index in [2.05, 4.69) is 54.0 Å². The van der Waals surface area contributed by atoms with E-state index < -0.39 is 0 Å². The normalized spacial score (nSPS) is 36.8. The predicted molar refractivity (Wildman–Crippen MR) is 71.3 cm³/mol. The highest BCUT2D eigenvalue weighted by molar-refractivity contribution is 5.64. The summed E-state index contributed by atoms with van der Waals surface area (Å²) >= 11 is 0. The standard InChI is InChI=1S/C16H17N/c1-2-11-10-12-6-5-9-17-14-8-4-3-7-13(14)15(11)16(12)17/h2-8,11-12,15-16H,1,9-10H2/t11-,12+,15-,16-/m0/s1. The Hall–Kier alpha value is -1.50. The van der Waals surface area contributed by atoms with E-state index >= 15 is 0 Å². The van der Waals surface area contributed by atoms with E-state index in [9.17, 15) is 0 Å². The maximum absolute atomic E-state index is 4.05. The second-order valence-corrected chi connectivity index (χ2v) is 5.45. The number of hydrogen-bond acceptors (Lipinski definition) is 1. The summed E-state index contributed by atoms with van der Waals surface area (Å²) in [5, 5.41) is 0. The van der Waals surface area contributed by atoms with Gasteiger partial charge in [-0.1, -0.05) is 36.4 Å². The third-order valence-electron chi connectivity index (χ3n) is 4.77. The molecule has 0 radical (unpaired) electrons. The van der Waals surface area contributed by atoms with Crippen molar-refractivity contribution in [3.05, 3.63) is 54.6 Å². The molecule has 17 heavy (non-hydrogen) atoms. The molecule has 0 bridgehead atoms. The van der Waals surface area contributed by atoms with Crippen LogP contribution in [-0.2, 0) is 0 Å². The summed E-state index contributed by atoms with van der Waals surface area (Å²) in [7, 11) is 0. The fourth-order valence-corrected chi connectivity index (χ4v) is 4.16. The Morgan fingerprint density at radius 1 is 1.29 bits per heavy atom. The lowest BCUT2D eigenvalue weighted by atomic mass is 9.88. The quantitative estimate of drug-likeness (QED) is 0.660. The van der Waals surface area contributed by atoms with E-state index in [0.717, 1.165) is 12.5 Å². The van der Waals surface area contributed by atoms with Crippen LogP contribution in [0.25, 0.3) is 0 Å². The van der Waals surface area contributed by atoms with Crippen molar-refractivity contribution in [2.75, 3.05) is 11.4 Å². The molecule has 0 saturated heterocycles. The van der Waals surface area contributed by atoms with Crippen LogP contribution in [0.1, 0.15) is 17.9 Å². The summed E-state index contributed by atoms with van der Waals surface area (Å²) in [6.45, 7) is 5.13. The fraction of sp³-hybridized carbons (Fsp3) is 0.375. The number of anilines is 1. The highest BCUT2D eigenvalue weighted by Crippen LogP contribution is 2.55. The zero-order valence-electron chi connectivity index (χ0n) is 9.92.